The van der Waals surface area contributed by atoms with Crippen LogP contribution in [0.1, 0.15) is 85.0 Å². The minimum absolute atomic E-state index is 0.0574. The lowest BCUT2D eigenvalue weighted by atomic mass is 9.40. The van der Waals surface area contributed by atoms with Gasteiger partial charge in [-0.3, -0.25) is 0 Å². The molecule has 7 aliphatic rings. The highest BCUT2D eigenvalue weighted by Gasteiger charge is 2.82. The summed E-state index contributed by atoms with van der Waals surface area (Å²) in [7, 11) is 0. The minimum atomic E-state index is -0.723. The Labute approximate surface area is 198 Å². The molecule has 3 heterocycles. The molecule has 0 amide bonds. The number of hydrogen-bond acceptors (Lipinski definition) is 6. The van der Waals surface area contributed by atoms with Gasteiger partial charge in [0, 0.05) is 30.1 Å². The zero-order valence-electron chi connectivity index (χ0n) is 20.7. The lowest BCUT2D eigenvalue weighted by Gasteiger charge is -2.65. The predicted molar refractivity (Wildman–Crippen MR) is 120 cm³/mol. The van der Waals surface area contributed by atoms with Crippen molar-refractivity contribution in [2.45, 2.75) is 114 Å². The van der Waals surface area contributed by atoms with Gasteiger partial charge >= 0.3 is 0 Å². The first kappa shape index (κ1) is 22.0. The lowest BCUT2D eigenvalue weighted by molar-refractivity contribution is -0.294. The number of rotatable bonds is 3. The third kappa shape index (κ3) is 2.56. The summed E-state index contributed by atoms with van der Waals surface area (Å²) in [6, 6.07) is 0. The average molecular weight is 463 g/mol. The van der Waals surface area contributed by atoms with Crippen LogP contribution in [-0.2, 0) is 23.7 Å². The fourth-order valence-corrected chi connectivity index (χ4v) is 10.5. The van der Waals surface area contributed by atoms with Crippen molar-refractivity contribution < 1.29 is 28.8 Å². The van der Waals surface area contributed by atoms with E-state index < -0.39 is 17.2 Å². The molecule has 4 saturated carbocycles. The minimum Gasteiger partial charge on any atom is -0.390 e. The summed E-state index contributed by atoms with van der Waals surface area (Å²) >= 11 is 0. The summed E-state index contributed by atoms with van der Waals surface area (Å²) in [4.78, 5) is 0. The molecule has 0 unspecified atom stereocenters. The van der Waals surface area contributed by atoms with Crippen LogP contribution in [0.2, 0.25) is 0 Å². The second-order valence-corrected chi connectivity index (χ2v) is 13.0. The van der Waals surface area contributed by atoms with Gasteiger partial charge in [-0.1, -0.05) is 33.6 Å². The molecule has 3 spiro atoms. The Morgan fingerprint density at radius 3 is 2.33 bits per heavy atom. The van der Waals surface area contributed by atoms with E-state index in [0.29, 0.717) is 38.3 Å². The molecule has 33 heavy (non-hydrogen) atoms. The van der Waals surface area contributed by atoms with Crippen LogP contribution in [-0.4, -0.2) is 60.4 Å². The zero-order valence-corrected chi connectivity index (χ0v) is 20.7. The third-order valence-electron chi connectivity index (χ3n) is 11.7. The largest absolute Gasteiger partial charge is 0.390 e. The molecule has 3 saturated heterocycles. The van der Waals surface area contributed by atoms with Crippen molar-refractivity contribution in [2.75, 3.05) is 26.4 Å². The summed E-state index contributed by atoms with van der Waals surface area (Å²) < 4.78 is 31.8. The Morgan fingerprint density at radius 1 is 0.879 bits per heavy atom. The zero-order chi connectivity index (χ0) is 22.7. The van der Waals surface area contributed by atoms with Crippen LogP contribution in [0.3, 0.4) is 0 Å². The molecule has 7 fully saturated rings. The first-order valence-electron chi connectivity index (χ1n) is 13.7. The molecule has 6 heteroatoms. The van der Waals surface area contributed by atoms with E-state index in [0.717, 1.165) is 64.2 Å². The van der Waals surface area contributed by atoms with Crippen molar-refractivity contribution in [3.05, 3.63) is 0 Å². The Hall–Kier alpha value is -0.240. The first-order valence-corrected chi connectivity index (χ1v) is 13.7. The maximum atomic E-state index is 12.7. The molecule has 0 radical (unpaired) electrons. The molecular formula is C27H42O6. The van der Waals surface area contributed by atoms with Crippen LogP contribution in [0.25, 0.3) is 0 Å². The van der Waals surface area contributed by atoms with E-state index in [9.17, 15) is 5.11 Å². The van der Waals surface area contributed by atoms with Crippen molar-refractivity contribution >= 4 is 0 Å². The SMILES string of the molecule is CCCC[C@]1(O)C[C@@]2(C)[C@@H](CCC23OCCO3)[C@H]2C[C@H]3O[C@@]34CC3(CC[C@]4(C)[C@H]21)OCCO3. The Morgan fingerprint density at radius 2 is 1.61 bits per heavy atom. The van der Waals surface area contributed by atoms with E-state index in [1.54, 1.807) is 0 Å². The number of ether oxygens (including phenoxy) is 5. The van der Waals surface area contributed by atoms with Crippen LogP contribution in [0.4, 0.5) is 0 Å². The quantitative estimate of drug-likeness (QED) is 0.635. The van der Waals surface area contributed by atoms with E-state index in [1.807, 2.05) is 0 Å². The maximum Gasteiger partial charge on any atom is 0.174 e. The highest BCUT2D eigenvalue weighted by atomic mass is 16.7. The first-order chi connectivity index (χ1) is 15.8. The highest BCUT2D eigenvalue weighted by molar-refractivity contribution is 5.29. The molecule has 0 aromatic rings. The van der Waals surface area contributed by atoms with Crippen molar-refractivity contribution in [1.82, 2.24) is 0 Å². The number of aliphatic hydroxyl groups is 1. The van der Waals surface area contributed by atoms with E-state index in [2.05, 4.69) is 20.8 Å². The van der Waals surface area contributed by atoms with Crippen LogP contribution < -0.4 is 0 Å². The number of fused-ring (bicyclic) bond motifs is 5. The van der Waals surface area contributed by atoms with Gasteiger partial charge in [0.2, 0.25) is 0 Å². The van der Waals surface area contributed by atoms with Crippen molar-refractivity contribution in [3.8, 4) is 0 Å². The lowest BCUT2D eigenvalue weighted by Crippen LogP contribution is -2.69. The van der Waals surface area contributed by atoms with Gasteiger partial charge in [0.1, 0.15) is 5.60 Å². The van der Waals surface area contributed by atoms with Gasteiger partial charge in [0.15, 0.2) is 11.6 Å². The molecule has 8 atom stereocenters. The van der Waals surface area contributed by atoms with Crippen LogP contribution in [0.15, 0.2) is 0 Å². The fourth-order valence-electron chi connectivity index (χ4n) is 10.5. The summed E-state index contributed by atoms with van der Waals surface area (Å²) in [6.45, 7) is 9.78. The highest BCUT2D eigenvalue weighted by Crippen LogP contribution is 2.78. The monoisotopic (exact) mass is 462 g/mol. The third-order valence-corrected chi connectivity index (χ3v) is 11.7. The Kier molecular flexibility index (Phi) is 4.49. The smallest absolute Gasteiger partial charge is 0.174 e. The molecule has 3 aliphatic heterocycles. The molecule has 6 nitrogen and oxygen atoms in total. The topological polar surface area (TPSA) is 69.7 Å². The molecule has 0 aromatic carbocycles. The van der Waals surface area contributed by atoms with E-state index in [1.165, 1.54) is 0 Å². The van der Waals surface area contributed by atoms with Crippen LogP contribution in [0.5, 0.6) is 0 Å². The molecule has 186 valence electrons. The Bertz CT molecular complexity index is 819. The van der Waals surface area contributed by atoms with Gasteiger partial charge in [0.05, 0.1) is 38.1 Å². The molecule has 1 N–H and O–H groups in total. The summed E-state index contributed by atoms with van der Waals surface area (Å²) in [5, 5.41) is 12.7. The van der Waals surface area contributed by atoms with Crippen molar-refractivity contribution in [3.63, 3.8) is 0 Å². The number of epoxide rings is 1. The summed E-state index contributed by atoms with van der Waals surface area (Å²) in [5.41, 5.74) is -1.13. The Balaban J connectivity index is 1.30. The van der Waals surface area contributed by atoms with Crippen LogP contribution >= 0.6 is 0 Å². The van der Waals surface area contributed by atoms with Gasteiger partial charge in [-0.15, -0.1) is 0 Å². The van der Waals surface area contributed by atoms with Crippen molar-refractivity contribution in [2.24, 2.45) is 28.6 Å². The second-order valence-electron chi connectivity index (χ2n) is 13.0. The fraction of sp³-hybridized carbons (Fsp3) is 1.00. The number of unbranched alkanes of at least 4 members (excludes halogenated alkanes) is 1. The summed E-state index contributed by atoms with van der Waals surface area (Å²) in [5.74, 6) is 0.225. The van der Waals surface area contributed by atoms with E-state index in [4.69, 9.17) is 23.7 Å². The van der Waals surface area contributed by atoms with Gasteiger partial charge in [-0.05, 0) is 49.9 Å². The van der Waals surface area contributed by atoms with Crippen LogP contribution in [0, 0.1) is 28.6 Å². The average Bonchev–Trinajstić information content (AvgIpc) is 3.14. The van der Waals surface area contributed by atoms with Crippen molar-refractivity contribution in [1.29, 1.82) is 0 Å². The molecular weight excluding hydrogens is 420 g/mol. The van der Waals surface area contributed by atoms with Gasteiger partial charge in [0.25, 0.3) is 0 Å². The maximum absolute atomic E-state index is 12.7. The molecule has 7 rings (SSSR count). The molecule has 0 aromatic heterocycles. The predicted octanol–water partition coefficient (Wildman–Crippen LogP) is 4.18. The summed E-state index contributed by atoms with van der Waals surface area (Å²) in [6.07, 6.45) is 9.92. The van der Waals surface area contributed by atoms with E-state index in [-0.39, 0.29) is 28.5 Å². The normalized spacial score (nSPS) is 55.3. The molecule has 0 bridgehead atoms. The van der Waals surface area contributed by atoms with Gasteiger partial charge in [-0.2, -0.15) is 0 Å². The van der Waals surface area contributed by atoms with Gasteiger partial charge < -0.3 is 28.8 Å². The van der Waals surface area contributed by atoms with E-state index >= 15 is 0 Å². The molecule has 4 aliphatic carbocycles. The second kappa shape index (κ2) is 6.74. The standard InChI is InChI=1S/C27H42O6/c1-4-5-7-24(28)16-23(3)19(6-8-27(23)31-13-14-32-27)18-15-20-26(33-20)17-25(29-11-12-30-25)10-9-22(26,2)21(18)24/h18-21,28H,4-17H2,1-3H3/t18-,19+,20-,21+,22-,23+,24+,26+/m1/s1. The number of hydrogen-bond donors (Lipinski definition) is 1. The van der Waals surface area contributed by atoms with Gasteiger partial charge in [-0.25, -0.2) is 0 Å².